The van der Waals surface area contributed by atoms with Gasteiger partial charge in [0.15, 0.2) is 0 Å². The van der Waals surface area contributed by atoms with Crippen LogP contribution in [0.1, 0.15) is 42.6 Å². The molecule has 12 heteroatoms. The van der Waals surface area contributed by atoms with Crippen molar-refractivity contribution in [2.75, 3.05) is 12.4 Å². The summed E-state index contributed by atoms with van der Waals surface area (Å²) in [6, 6.07) is 9.19. The average Bonchev–Trinajstić information content (AvgIpc) is 3.29. The number of amides is 3. The number of carbonyl (C=O) groups is 3. The van der Waals surface area contributed by atoms with Crippen LogP contribution in [0.3, 0.4) is 0 Å². The van der Waals surface area contributed by atoms with E-state index in [2.05, 4.69) is 10.7 Å². The summed E-state index contributed by atoms with van der Waals surface area (Å²) in [7, 11) is 1.33. The minimum atomic E-state index is -1.36. The SMILES string of the molecule is CN(NC(=O)c1cc(NC(=O)C2C(c3cc(Cl)cc(Cl)c3)C2(Cl)Cl)ccc1Cl)C(=O)OC(C)(C)C. The number of nitrogens with zero attached hydrogens (tertiary/aromatic N) is 1. The molecule has 35 heavy (non-hydrogen) atoms. The van der Waals surface area contributed by atoms with Gasteiger partial charge in [0.1, 0.15) is 9.93 Å². The first-order valence-electron chi connectivity index (χ1n) is 10.3. The largest absolute Gasteiger partial charge is 0.442 e. The van der Waals surface area contributed by atoms with Crippen LogP contribution in [0.4, 0.5) is 10.5 Å². The highest BCUT2D eigenvalue weighted by molar-refractivity contribution is 6.53. The van der Waals surface area contributed by atoms with Gasteiger partial charge >= 0.3 is 6.09 Å². The zero-order valence-corrected chi connectivity index (χ0v) is 22.9. The monoisotopic (exact) mass is 579 g/mol. The van der Waals surface area contributed by atoms with Gasteiger partial charge in [0.05, 0.1) is 16.5 Å². The van der Waals surface area contributed by atoms with Crippen molar-refractivity contribution in [2.45, 2.75) is 36.6 Å². The Balaban J connectivity index is 1.72. The quantitative estimate of drug-likeness (QED) is 0.311. The first-order valence-corrected chi connectivity index (χ1v) is 12.2. The molecule has 1 saturated carbocycles. The fourth-order valence-electron chi connectivity index (χ4n) is 3.41. The van der Waals surface area contributed by atoms with Crippen molar-refractivity contribution in [2.24, 2.45) is 5.92 Å². The van der Waals surface area contributed by atoms with E-state index in [4.69, 9.17) is 62.7 Å². The van der Waals surface area contributed by atoms with Crippen LogP contribution in [-0.2, 0) is 9.53 Å². The number of alkyl halides is 2. The smallest absolute Gasteiger partial charge is 0.428 e. The van der Waals surface area contributed by atoms with Crippen LogP contribution < -0.4 is 10.7 Å². The lowest BCUT2D eigenvalue weighted by molar-refractivity contribution is -0.117. The molecule has 0 saturated heterocycles. The van der Waals surface area contributed by atoms with Crippen LogP contribution in [0, 0.1) is 5.92 Å². The van der Waals surface area contributed by atoms with E-state index in [1.165, 1.54) is 25.2 Å². The fourth-order valence-corrected chi connectivity index (χ4v) is 4.98. The van der Waals surface area contributed by atoms with Crippen LogP contribution in [0.25, 0.3) is 0 Å². The van der Waals surface area contributed by atoms with E-state index in [1.807, 2.05) is 0 Å². The first-order chi connectivity index (χ1) is 16.1. The molecule has 2 aromatic carbocycles. The predicted molar refractivity (Wildman–Crippen MR) is 139 cm³/mol. The van der Waals surface area contributed by atoms with Crippen LogP contribution in [0.5, 0.6) is 0 Å². The van der Waals surface area contributed by atoms with Gasteiger partial charge in [-0.1, -0.05) is 34.8 Å². The summed E-state index contributed by atoms with van der Waals surface area (Å²) in [5.74, 6) is -2.46. The normalized spacial score (nSPS) is 18.4. The summed E-state index contributed by atoms with van der Waals surface area (Å²) in [5, 5.41) is 4.50. The molecule has 0 heterocycles. The number of carbonyl (C=O) groups excluding carboxylic acids is 3. The summed E-state index contributed by atoms with van der Waals surface area (Å²) in [6.07, 6.45) is -0.757. The third kappa shape index (κ3) is 6.66. The third-order valence-corrected chi connectivity index (χ3v) is 6.70. The first kappa shape index (κ1) is 27.7. The molecule has 188 valence electrons. The number of hydrogen-bond donors (Lipinski definition) is 2. The molecule has 0 bridgehead atoms. The lowest BCUT2D eigenvalue weighted by atomic mass is 10.1. The lowest BCUT2D eigenvalue weighted by Crippen LogP contribution is -2.45. The number of ether oxygens (including phenoxy) is 1. The van der Waals surface area contributed by atoms with Crippen molar-refractivity contribution in [3.8, 4) is 0 Å². The number of rotatable bonds is 4. The molecule has 0 radical (unpaired) electrons. The number of halogens is 5. The molecule has 3 rings (SSSR count). The van der Waals surface area contributed by atoms with Gasteiger partial charge in [-0.2, -0.15) is 0 Å². The Morgan fingerprint density at radius 3 is 2.17 bits per heavy atom. The summed E-state index contributed by atoms with van der Waals surface area (Å²) in [5.41, 5.74) is 2.58. The maximum atomic E-state index is 13.0. The van der Waals surface area contributed by atoms with Gasteiger partial charge in [-0.3, -0.25) is 15.0 Å². The Kier molecular flexibility index (Phi) is 8.09. The van der Waals surface area contributed by atoms with E-state index in [-0.39, 0.29) is 16.3 Å². The zero-order chi connectivity index (χ0) is 26.3. The van der Waals surface area contributed by atoms with Crippen molar-refractivity contribution < 1.29 is 19.1 Å². The van der Waals surface area contributed by atoms with Crippen molar-refractivity contribution in [1.29, 1.82) is 0 Å². The van der Waals surface area contributed by atoms with Gasteiger partial charge in [0.25, 0.3) is 5.91 Å². The van der Waals surface area contributed by atoms with Crippen LogP contribution >= 0.6 is 58.0 Å². The highest BCUT2D eigenvalue weighted by Crippen LogP contribution is 2.65. The van der Waals surface area contributed by atoms with Gasteiger partial charge in [-0.05, 0) is 62.7 Å². The summed E-state index contributed by atoms with van der Waals surface area (Å²) in [4.78, 5) is 37.8. The summed E-state index contributed by atoms with van der Waals surface area (Å²) < 4.78 is 3.84. The maximum Gasteiger partial charge on any atom is 0.428 e. The molecule has 0 aliphatic heterocycles. The third-order valence-electron chi connectivity index (χ3n) is 5.00. The van der Waals surface area contributed by atoms with E-state index >= 15 is 0 Å². The van der Waals surface area contributed by atoms with Gasteiger partial charge in [-0.25, -0.2) is 9.80 Å². The van der Waals surface area contributed by atoms with Crippen molar-refractivity contribution in [3.63, 3.8) is 0 Å². The van der Waals surface area contributed by atoms with E-state index in [1.54, 1.807) is 39.0 Å². The Labute approximate surface area is 227 Å². The Bertz CT molecular complexity index is 1160. The molecule has 1 aliphatic rings. The molecule has 0 spiro atoms. The minimum absolute atomic E-state index is 0.0249. The molecular formula is C23H22Cl5N3O4. The molecule has 2 N–H and O–H groups in total. The van der Waals surface area contributed by atoms with E-state index < -0.39 is 39.7 Å². The lowest BCUT2D eigenvalue weighted by Gasteiger charge is -2.25. The molecule has 1 aliphatic carbocycles. The summed E-state index contributed by atoms with van der Waals surface area (Å²) >= 11 is 31.1. The van der Waals surface area contributed by atoms with Crippen molar-refractivity contribution in [3.05, 3.63) is 62.6 Å². The van der Waals surface area contributed by atoms with Crippen LogP contribution in [0.2, 0.25) is 15.1 Å². The Hall–Kier alpha value is -1.90. The van der Waals surface area contributed by atoms with E-state index in [9.17, 15) is 14.4 Å². The molecule has 7 nitrogen and oxygen atoms in total. The molecule has 2 aromatic rings. The van der Waals surface area contributed by atoms with E-state index in [0.717, 1.165) is 5.01 Å². The molecule has 2 atom stereocenters. The number of nitrogens with one attached hydrogen (secondary N) is 2. The Morgan fingerprint density at radius 2 is 1.60 bits per heavy atom. The summed E-state index contributed by atoms with van der Waals surface area (Å²) in [6.45, 7) is 5.10. The Morgan fingerprint density at radius 1 is 1.00 bits per heavy atom. The second-order valence-corrected chi connectivity index (χ2v) is 11.7. The second kappa shape index (κ2) is 10.2. The van der Waals surface area contributed by atoms with Gasteiger partial charge < -0.3 is 10.1 Å². The highest BCUT2D eigenvalue weighted by atomic mass is 35.5. The van der Waals surface area contributed by atoms with Gasteiger partial charge in [0.2, 0.25) is 5.91 Å². The molecule has 1 fully saturated rings. The topological polar surface area (TPSA) is 87.7 Å². The van der Waals surface area contributed by atoms with E-state index in [0.29, 0.717) is 15.6 Å². The highest BCUT2D eigenvalue weighted by Gasteiger charge is 2.67. The van der Waals surface area contributed by atoms with Crippen LogP contribution in [0.15, 0.2) is 36.4 Å². The molecule has 0 aromatic heterocycles. The van der Waals surface area contributed by atoms with Crippen molar-refractivity contribution >= 4 is 81.6 Å². The fraction of sp³-hybridized carbons (Fsp3) is 0.348. The average molecular weight is 582 g/mol. The number of hydrogen-bond acceptors (Lipinski definition) is 4. The van der Waals surface area contributed by atoms with Gasteiger partial charge in [0, 0.05) is 28.7 Å². The predicted octanol–water partition coefficient (Wildman–Crippen LogP) is 6.68. The molecular weight excluding hydrogens is 560 g/mol. The molecule has 3 amide bonds. The number of benzene rings is 2. The molecule has 2 unspecified atom stereocenters. The second-order valence-electron chi connectivity index (χ2n) is 9.00. The van der Waals surface area contributed by atoms with Gasteiger partial charge in [-0.15, -0.1) is 23.2 Å². The maximum absolute atomic E-state index is 13.0. The van der Waals surface area contributed by atoms with Crippen LogP contribution in [-0.4, -0.2) is 39.9 Å². The van der Waals surface area contributed by atoms with Crippen molar-refractivity contribution in [1.82, 2.24) is 10.4 Å². The zero-order valence-electron chi connectivity index (χ0n) is 19.1. The standard InChI is InChI=1S/C23H22Cl5N3O4/c1-22(2,3)35-21(34)31(4)30-19(32)15-10-14(5-6-16(15)26)29-20(33)18-17(23(18,27)28)11-7-12(24)9-13(25)8-11/h5-10,17-18H,1-4H3,(H,29,33)(H,30,32). The number of anilines is 1. The number of hydrazine groups is 1. The minimum Gasteiger partial charge on any atom is -0.442 e.